The lowest BCUT2D eigenvalue weighted by atomic mass is 9.92. The van der Waals surface area contributed by atoms with Crippen LogP contribution in [0.25, 0.3) is 0 Å². The molecule has 0 fully saturated rings. The number of carbonyl (C=O) groups is 1. The summed E-state index contributed by atoms with van der Waals surface area (Å²) in [5, 5.41) is 11.9. The molecule has 0 radical (unpaired) electrons. The van der Waals surface area contributed by atoms with E-state index in [-0.39, 0.29) is 6.42 Å². The summed E-state index contributed by atoms with van der Waals surface area (Å²) < 4.78 is 0. The molecule has 0 atom stereocenters. The summed E-state index contributed by atoms with van der Waals surface area (Å²) in [6.07, 6.45) is 1.95. The second-order valence-corrected chi connectivity index (χ2v) is 5.24. The Morgan fingerprint density at radius 3 is 2.21 bits per heavy atom. The van der Waals surface area contributed by atoms with Crippen LogP contribution in [0, 0.1) is 27.7 Å². The third kappa shape index (κ3) is 4.67. The number of nitrogens with one attached hydrogen (secondary N) is 1. The van der Waals surface area contributed by atoms with Crippen LogP contribution in [0.2, 0.25) is 0 Å². The van der Waals surface area contributed by atoms with E-state index in [4.69, 9.17) is 5.11 Å². The molecule has 19 heavy (non-hydrogen) atoms. The van der Waals surface area contributed by atoms with Gasteiger partial charge in [-0.1, -0.05) is 6.07 Å². The fourth-order valence-electron chi connectivity index (χ4n) is 2.38. The number of aliphatic carboxylic acids is 1. The smallest absolute Gasteiger partial charge is 0.303 e. The van der Waals surface area contributed by atoms with E-state index in [1.807, 2.05) is 0 Å². The minimum absolute atomic E-state index is 0.245. The summed E-state index contributed by atoms with van der Waals surface area (Å²) in [7, 11) is 0. The van der Waals surface area contributed by atoms with E-state index in [2.05, 4.69) is 39.1 Å². The number of carboxylic acid groups (broad SMARTS) is 1. The zero-order chi connectivity index (χ0) is 14.4. The third-order valence-corrected chi connectivity index (χ3v) is 3.82. The van der Waals surface area contributed by atoms with Gasteiger partial charge in [0, 0.05) is 6.42 Å². The first-order valence-corrected chi connectivity index (χ1v) is 6.92. The van der Waals surface area contributed by atoms with Crippen molar-refractivity contribution in [3.05, 3.63) is 33.9 Å². The van der Waals surface area contributed by atoms with Gasteiger partial charge in [-0.15, -0.1) is 0 Å². The lowest BCUT2D eigenvalue weighted by molar-refractivity contribution is -0.137. The van der Waals surface area contributed by atoms with Gasteiger partial charge in [0.1, 0.15) is 0 Å². The highest BCUT2D eigenvalue weighted by atomic mass is 16.4. The van der Waals surface area contributed by atoms with Crippen LogP contribution in [0.15, 0.2) is 6.07 Å². The van der Waals surface area contributed by atoms with Crippen molar-refractivity contribution in [3.8, 4) is 0 Å². The topological polar surface area (TPSA) is 49.3 Å². The molecule has 1 aromatic rings. The first-order valence-electron chi connectivity index (χ1n) is 6.92. The molecular formula is C16H25NO2. The predicted octanol–water partition coefficient (Wildman–Crippen LogP) is 2.92. The lowest BCUT2D eigenvalue weighted by Gasteiger charge is -2.15. The van der Waals surface area contributed by atoms with Gasteiger partial charge in [-0.25, -0.2) is 0 Å². The maximum absolute atomic E-state index is 10.4. The fraction of sp³-hybridized carbons (Fsp3) is 0.562. The highest BCUT2D eigenvalue weighted by Crippen LogP contribution is 2.21. The molecule has 3 nitrogen and oxygen atoms in total. The summed E-state index contributed by atoms with van der Waals surface area (Å²) in [5.74, 6) is -0.720. The minimum Gasteiger partial charge on any atom is -0.481 e. The second kappa shape index (κ2) is 7.29. The van der Waals surface area contributed by atoms with E-state index in [0.29, 0.717) is 6.42 Å². The molecule has 3 heteroatoms. The third-order valence-electron chi connectivity index (χ3n) is 3.82. The number of rotatable bonds is 7. The second-order valence-electron chi connectivity index (χ2n) is 5.24. The molecule has 0 aliphatic carbocycles. The van der Waals surface area contributed by atoms with Crippen LogP contribution in [-0.2, 0) is 11.2 Å². The minimum atomic E-state index is -0.720. The van der Waals surface area contributed by atoms with Crippen molar-refractivity contribution >= 4 is 5.97 Å². The Kier molecular flexibility index (Phi) is 6.03. The van der Waals surface area contributed by atoms with Gasteiger partial charge >= 0.3 is 5.97 Å². The highest BCUT2D eigenvalue weighted by molar-refractivity contribution is 5.66. The summed E-state index contributed by atoms with van der Waals surface area (Å²) in [4.78, 5) is 10.4. The SMILES string of the molecule is Cc1cc(C)c(C)c(CCNCCCC(=O)O)c1C. The molecule has 0 saturated heterocycles. The predicted molar refractivity (Wildman–Crippen MR) is 78.8 cm³/mol. The maximum atomic E-state index is 10.4. The van der Waals surface area contributed by atoms with Gasteiger partial charge in [0.2, 0.25) is 0 Å². The van der Waals surface area contributed by atoms with Gasteiger partial charge < -0.3 is 10.4 Å². The van der Waals surface area contributed by atoms with Crippen molar-refractivity contribution in [1.29, 1.82) is 0 Å². The van der Waals surface area contributed by atoms with Crippen LogP contribution in [-0.4, -0.2) is 24.2 Å². The Balaban J connectivity index is 2.47. The molecule has 0 spiro atoms. The normalized spacial score (nSPS) is 10.7. The molecule has 0 bridgehead atoms. The molecule has 1 rings (SSSR count). The quantitative estimate of drug-likeness (QED) is 0.744. The first kappa shape index (κ1) is 15.7. The fourth-order valence-corrected chi connectivity index (χ4v) is 2.38. The molecule has 106 valence electrons. The highest BCUT2D eigenvalue weighted by Gasteiger charge is 2.07. The van der Waals surface area contributed by atoms with Crippen LogP contribution in [0.4, 0.5) is 0 Å². The van der Waals surface area contributed by atoms with Crippen molar-refractivity contribution in [2.24, 2.45) is 0 Å². The molecule has 0 unspecified atom stereocenters. The van der Waals surface area contributed by atoms with Crippen LogP contribution < -0.4 is 5.32 Å². The van der Waals surface area contributed by atoms with Crippen molar-refractivity contribution < 1.29 is 9.90 Å². The average molecular weight is 263 g/mol. The number of hydrogen-bond acceptors (Lipinski definition) is 2. The van der Waals surface area contributed by atoms with E-state index >= 15 is 0 Å². The van der Waals surface area contributed by atoms with Gasteiger partial charge in [-0.3, -0.25) is 4.79 Å². The van der Waals surface area contributed by atoms with E-state index < -0.39 is 5.97 Å². The monoisotopic (exact) mass is 263 g/mol. The molecule has 0 aromatic heterocycles. The van der Waals surface area contributed by atoms with Gasteiger partial charge in [-0.2, -0.15) is 0 Å². The Morgan fingerprint density at radius 2 is 1.68 bits per heavy atom. The van der Waals surface area contributed by atoms with Gasteiger partial charge in [0.25, 0.3) is 0 Å². The molecule has 0 heterocycles. The summed E-state index contributed by atoms with van der Waals surface area (Å²) in [6, 6.07) is 2.24. The van der Waals surface area contributed by atoms with Gasteiger partial charge in [0.05, 0.1) is 0 Å². The van der Waals surface area contributed by atoms with Crippen LogP contribution in [0.5, 0.6) is 0 Å². The molecule has 0 aliphatic rings. The Labute approximate surface area is 116 Å². The number of aryl methyl sites for hydroxylation is 2. The van der Waals surface area contributed by atoms with Crippen LogP contribution in [0.1, 0.15) is 40.7 Å². The largest absolute Gasteiger partial charge is 0.481 e. The average Bonchev–Trinajstić information content (AvgIpc) is 2.34. The zero-order valence-corrected chi connectivity index (χ0v) is 12.5. The van der Waals surface area contributed by atoms with E-state index in [9.17, 15) is 4.79 Å². The van der Waals surface area contributed by atoms with Gasteiger partial charge in [0.15, 0.2) is 0 Å². The summed E-state index contributed by atoms with van der Waals surface area (Å²) in [5.41, 5.74) is 6.90. The van der Waals surface area contributed by atoms with Crippen molar-refractivity contribution in [1.82, 2.24) is 5.32 Å². The van der Waals surface area contributed by atoms with E-state index in [1.54, 1.807) is 0 Å². The van der Waals surface area contributed by atoms with Crippen molar-refractivity contribution in [3.63, 3.8) is 0 Å². The Hall–Kier alpha value is -1.35. The number of hydrogen-bond donors (Lipinski definition) is 2. The number of benzene rings is 1. The Bertz CT molecular complexity index is 426. The molecule has 1 aromatic carbocycles. The summed E-state index contributed by atoms with van der Waals surface area (Å²) >= 11 is 0. The lowest BCUT2D eigenvalue weighted by Crippen LogP contribution is -2.20. The maximum Gasteiger partial charge on any atom is 0.303 e. The van der Waals surface area contributed by atoms with Crippen molar-refractivity contribution in [2.45, 2.75) is 47.0 Å². The van der Waals surface area contributed by atoms with Crippen molar-refractivity contribution in [2.75, 3.05) is 13.1 Å². The zero-order valence-electron chi connectivity index (χ0n) is 12.5. The molecule has 0 aliphatic heterocycles. The molecule has 0 saturated carbocycles. The first-order chi connectivity index (χ1) is 8.93. The van der Waals surface area contributed by atoms with E-state index in [1.165, 1.54) is 27.8 Å². The van der Waals surface area contributed by atoms with E-state index in [0.717, 1.165) is 19.5 Å². The molecule has 2 N–H and O–H groups in total. The molecular weight excluding hydrogens is 238 g/mol. The van der Waals surface area contributed by atoms with Crippen LogP contribution >= 0.6 is 0 Å². The molecule has 0 amide bonds. The van der Waals surface area contributed by atoms with Crippen LogP contribution in [0.3, 0.4) is 0 Å². The standard InChI is InChI=1S/C16H25NO2/c1-11-10-12(2)14(4)15(13(11)3)7-9-17-8-5-6-16(18)19/h10,17H,5-9H2,1-4H3,(H,18,19). The van der Waals surface area contributed by atoms with Gasteiger partial charge in [-0.05, 0) is 81.4 Å². The summed E-state index contributed by atoms with van der Waals surface area (Å²) in [6.45, 7) is 10.4. The number of carboxylic acids is 1. The Morgan fingerprint density at radius 1 is 1.11 bits per heavy atom.